The Hall–Kier alpha value is -1.88. The number of amides is 2. The van der Waals surface area contributed by atoms with E-state index in [1.165, 1.54) is 12.0 Å². The maximum absolute atomic E-state index is 13.0. The van der Waals surface area contributed by atoms with Crippen LogP contribution in [0.3, 0.4) is 0 Å². The summed E-state index contributed by atoms with van der Waals surface area (Å²) in [6.07, 6.45) is 6.54. The summed E-state index contributed by atoms with van der Waals surface area (Å²) < 4.78 is 5.14. The summed E-state index contributed by atoms with van der Waals surface area (Å²) in [5.74, 6) is 1.14. The molecule has 5 heteroatoms. The van der Waals surface area contributed by atoms with Gasteiger partial charge < -0.3 is 14.5 Å². The lowest BCUT2D eigenvalue weighted by atomic mass is 9.90. The maximum Gasteiger partial charge on any atom is 0.227 e. The Morgan fingerprint density at radius 2 is 1.89 bits per heavy atom. The molecule has 2 saturated heterocycles. The van der Waals surface area contributed by atoms with E-state index in [4.69, 9.17) is 4.74 Å². The Balaban J connectivity index is 1.45. The minimum atomic E-state index is -0.0292. The van der Waals surface area contributed by atoms with Gasteiger partial charge in [0.2, 0.25) is 11.8 Å². The van der Waals surface area contributed by atoms with Gasteiger partial charge in [-0.3, -0.25) is 9.59 Å². The van der Waals surface area contributed by atoms with Crippen LogP contribution in [0.2, 0.25) is 0 Å². The van der Waals surface area contributed by atoms with Crippen molar-refractivity contribution in [2.45, 2.75) is 44.9 Å². The number of benzene rings is 1. The van der Waals surface area contributed by atoms with Gasteiger partial charge in [-0.15, -0.1) is 0 Å². The summed E-state index contributed by atoms with van der Waals surface area (Å²) in [6, 6.07) is 10.2. The molecule has 0 N–H and O–H groups in total. The van der Waals surface area contributed by atoms with E-state index >= 15 is 0 Å². The highest BCUT2D eigenvalue weighted by molar-refractivity contribution is 5.84. The van der Waals surface area contributed by atoms with Gasteiger partial charge in [-0.25, -0.2) is 0 Å². The molecule has 2 amide bonds. The monoisotopic (exact) mass is 386 g/mol. The first-order valence-electron chi connectivity index (χ1n) is 10.8. The van der Waals surface area contributed by atoms with E-state index in [0.717, 1.165) is 51.3 Å². The molecule has 1 aromatic carbocycles. The molecule has 1 atom stereocenters. The van der Waals surface area contributed by atoms with Crippen LogP contribution in [0, 0.1) is 11.8 Å². The van der Waals surface area contributed by atoms with Crippen LogP contribution in [-0.2, 0) is 20.7 Å². The molecule has 0 spiro atoms. The Morgan fingerprint density at radius 3 is 2.61 bits per heavy atom. The largest absolute Gasteiger partial charge is 0.385 e. The number of hydrogen-bond acceptors (Lipinski definition) is 3. The quantitative estimate of drug-likeness (QED) is 0.645. The van der Waals surface area contributed by atoms with Crippen LogP contribution in [-0.4, -0.2) is 61.5 Å². The van der Waals surface area contributed by atoms with Crippen molar-refractivity contribution < 1.29 is 14.3 Å². The van der Waals surface area contributed by atoms with Crippen molar-refractivity contribution in [3.8, 4) is 0 Å². The van der Waals surface area contributed by atoms with Crippen molar-refractivity contribution in [1.29, 1.82) is 0 Å². The Bertz CT molecular complexity index is 626. The zero-order valence-electron chi connectivity index (χ0n) is 17.1. The molecule has 2 heterocycles. The molecule has 0 radical (unpaired) electrons. The number of carbonyl (C=O) groups is 2. The lowest BCUT2D eigenvalue weighted by Gasteiger charge is -2.38. The molecule has 0 aromatic heterocycles. The van der Waals surface area contributed by atoms with E-state index in [9.17, 15) is 9.59 Å². The van der Waals surface area contributed by atoms with Crippen molar-refractivity contribution >= 4 is 11.8 Å². The minimum absolute atomic E-state index is 0.0292. The fraction of sp³-hybridized carbons (Fsp3) is 0.652. The first-order valence-corrected chi connectivity index (χ1v) is 10.8. The van der Waals surface area contributed by atoms with Gasteiger partial charge >= 0.3 is 0 Å². The number of nitrogens with zero attached hydrogens (tertiary/aromatic N) is 2. The molecular weight excluding hydrogens is 352 g/mol. The summed E-state index contributed by atoms with van der Waals surface area (Å²) in [6.45, 7) is 3.84. The van der Waals surface area contributed by atoms with Crippen LogP contribution in [0.4, 0.5) is 0 Å². The zero-order chi connectivity index (χ0) is 19.8. The second-order valence-corrected chi connectivity index (χ2v) is 8.21. The van der Waals surface area contributed by atoms with Crippen LogP contribution >= 0.6 is 0 Å². The van der Waals surface area contributed by atoms with E-state index in [1.807, 2.05) is 28.0 Å². The molecule has 154 valence electrons. The lowest BCUT2D eigenvalue weighted by molar-refractivity contribution is -0.144. The minimum Gasteiger partial charge on any atom is -0.385 e. The normalized spacial score (nSPS) is 21.2. The Kier molecular flexibility index (Phi) is 7.90. The molecule has 2 aliphatic rings. The second-order valence-electron chi connectivity index (χ2n) is 8.21. The van der Waals surface area contributed by atoms with E-state index < -0.39 is 0 Å². The number of rotatable bonds is 8. The number of methoxy groups -OCH3 is 1. The fourth-order valence-electron chi connectivity index (χ4n) is 4.46. The van der Waals surface area contributed by atoms with Crippen LogP contribution < -0.4 is 0 Å². The number of hydrogen-bond donors (Lipinski definition) is 0. The first-order chi connectivity index (χ1) is 13.7. The predicted molar refractivity (Wildman–Crippen MR) is 110 cm³/mol. The van der Waals surface area contributed by atoms with E-state index in [2.05, 4.69) is 12.1 Å². The molecule has 3 rings (SSSR count). The number of ether oxygens (including phenoxy) is 1. The third-order valence-electron chi connectivity index (χ3n) is 6.25. The highest BCUT2D eigenvalue weighted by atomic mass is 16.5. The van der Waals surface area contributed by atoms with Crippen molar-refractivity contribution in [3.63, 3.8) is 0 Å². The third kappa shape index (κ3) is 5.81. The number of likely N-dealkylation sites (tertiary alicyclic amines) is 2. The van der Waals surface area contributed by atoms with Crippen LogP contribution in [0.15, 0.2) is 30.3 Å². The third-order valence-corrected chi connectivity index (χ3v) is 6.25. The van der Waals surface area contributed by atoms with Gasteiger partial charge in [0.25, 0.3) is 0 Å². The second kappa shape index (κ2) is 10.6. The zero-order valence-corrected chi connectivity index (χ0v) is 17.1. The highest BCUT2D eigenvalue weighted by Crippen LogP contribution is 2.26. The number of carbonyl (C=O) groups excluding carboxylic acids is 2. The van der Waals surface area contributed by atoms with Crippen molar-refractivity contribution in [2.24, 2.45) is 11.8 Å². The molecule has 28 heavy (non-hydrogen) atoms. The van der Waals surface area contributed by atoms with Crippen LogP contribution in [0.25, 0.3) is 0 Å². The molecule has 5 nitrogen and oxygen atoms in total. The Labute approximate surface area is 169 Å². The molecule has 0 aliphatic carbocycles. The van der Waals surface area contributed by atoms with Gasteiger partial charge in [-0.2, -0.15) is 0 Å². The topological polar surface area (TPSA) is 49.9 Å². The highest BCUT2D eigenvalue weighted by Gasteiger charge is 2.33. The van der Waals surface area contributed by atoms with Crippen molar-refractivity contribution in [2.75, 3.05) is 39.9 Å². The van der Waals surface area contributed by atoms with Gasteiger partial charge in [-0.1, -0.05) is 30.3 Å². The average Bonchev–Trinajstić information content (AvgIpc) is 2.74. The molecule has 2 fully saturated rings. The molecular formula is C23H34N2O3. The smallest absolute Gasteiger partial charge is 0.227 e. The summed E-state index contributed by atoms with van der Waals surface area (Å²) in [5.41, 5.74) is 1.24. The van der Waals surface area contributed by atoms with Gasteiger partial charge in [0, 0.05) is 46.3 Å². The van der Waals surface area contributed by atoms with Gasteiger partial charge in [0.15, 0.2) is 0 Å². The molecule has 2 aliphatic heterocycles. The SMILES string of the molecule is COCCCC1CCN(C(=O)[C@H]2CCC(=O)N(CCc3ccccc3)C2)CC1. The summed E-state index contributed by atoms with van der Waals surface area (Å²) >= 11 is 0. The molecule has 0 saturated carbocycles. The van der Waals surface area contributed by atoms with Crippen molar-refractivity contribution in [3.05, 3.63) is 35.9 Å². The van der Waals surface area contributed by atoms with E-state index in [1.54, 1.807) is 7.11 Å². The van der Waals surface area contributed by atoms with Crippen molar-refractivity contribution in [1.82, 2.24) is 9.80 Å². The van der Waals surface area contributed by atoms with E-state index in [0.29, 0.717) is 25.9 Å². The van der Waals surface area contributed by atoms with E-state index in [-0.39, 0.29) is 17.7 Å². The maximum atomic E-state index is 13.0. The van der Waals surface area contributed by atoms with Crippen LogP contribution in [0.5, 0.6) is 0 Å². The summed E-state index contributed by atoms with van der Waals surface area (Å²) in [5, 5.41) is 0. The molecule has 0 unspecified atom stereocenters. The van der Waals surface area contributed by atoms with Crippen LogP contribution in [0.1, 0.15) is 44.1 Å². The standard InChI is InChI=1S/C23H34N2O3/c1-28-17-5-8-20-11-14-24(15-12-20)23(27)21-9-10-22(26)25(18-21)16-13-19-6-3-2-4-7-19/h2-4,6-7,20-21H,5,8-18H2,1H3/t21-/m0/s1. The van der Waals surface area contributed by atoms with Gasteiger partial charge in [0.05, 0.1) is 5.92 Å². The number of piperidine rings is 2. The first kappa shape index (κ1) is 20.8. The van der Waals surface area contributed by atoms with Gasteiger partial charge in [0.1, 0.15) is 0 Å². The Morgan fingerprint density at radius 1 is 1.14 bits per heavy atom. The average molecular weight is 387 g/mol. The molecule has 0 bridgehead atoms. The lowest BCUT2D eigenvalue weighted by Crippen LogP contribution is -2.49. The van der Waals surface area contributed by atoms with Gasteiger partial charge in [-0.05, 0) is 50.0 Å². The molecule has 1 aromatic rings. The predicted octanol–water partition coefficient (Wildman–Crippen LogP) is 3.13. The fourth-order valence-corrected chi connectivity index (χ4v) is 4.46. The summed E-state index contributed by atoms with van der Waals surface area (Å²) in [4.78, 5) is 29.3. The summed E-state index contributed by atoms with van der Waals surface area (Å²) in [7, 11) is 1.75.